The fourth-order valence-electron chi connectivity index (χ4n) is 7.79. The molecule has 0 aromatic heterocycles. The summed E-state index contributed by atoms with van der Waals surface area (Å²) in [6, 6.07) is 28.5. The average Bonchev–Trinajstić information content (AvgIpc) is 3.49. The van der Waals surface area contributed by atoms with Crippen LogP contribution >= 0.6 is 0 Å². The van der Waals surface area contributed by atoms with Gasteiger partial charge in [0.1, 0.15) is 34.3 Å². The van der Waals surface area contributed by atoms with Crippen LogP contribution in [-0.2, 0) is 20.7 Å². The van der Waals surface area contributed by atoms with Crippen LogP contribution in [0.2, 0.25) is 0 Å². The predicted molar refractivity (Wildman–Crippen MR) is 203 cm³/mol. The summed E-state index contributed by atoms with van der Waals surface area (Å²) in [4.78, 5) is 0. The third-order valence-electron chi connectivity index (χ3n) is 10.3. The highest BCUT2D eigenvalue weighted by atomic mass is 16.5. The van der Waals surface area contributed by atoms with E-state index in [1.54, 1.807) is 28.4 Å². The first kappa shape index (κ1) is 35.4. The second kappa shape index (κ2) is 14.9. The molecule has 1 N–H and O–H groups in total. The first-order valence-electron chi connectivity index (χ1n) is 17.8. The fraction of sp³-hybridized carbons (Fsp3) is 0.318. The Labute approximate surface area is 305 Å². The van der Waals surface area contributed by atoms with Crippen molar-refractivity contribution in [3.8, 4) is 39.9 Å². The summed E-state index contributed by atoms with van der Waals surface area (Å²) in [5, 5.41) is 11.3. The summed E-state index contributed by atoms with van der Waals surface area (Å²) in [7, 11) is 6.71. The average molecular weight is 703 g/mol. The monoisotopic (exact) mass is 702 g/mol. The van der Waals surface area contributed by atoms with Crippen molar-refractivity contribution in [1.29, 1.82) is 0 Å². The molecule has 7 rings (SSSR count). The maximum atomic E-state index is 9.37. The number of benzene rings is 5. The van der Waals surface area contributed by atoms with E-state index in [1.807, 2.05) is 36.4 Å². The maximum Gasteiger partial charge on any atom is 0.178 e. The van der Waals surface area contributed by atoms with Gasteiger partial charge >= 0.3 is 0 Å². The number of hydrogen-bond acceptors (Lipinski definition) is 8. The van der Waals surface area contributed by atoms with Gasteiger partial charge in [-0.1, -0.05) is 56.2 Å². The summed E-state index contributed by atoms with van der Waals surface area (Å²) in [5.41, 5.74) is 5.34. The molecule has 2 aliphatic rings. The van der Waals surface area contributed by atoms with E-state index in [0.29, 0.717) is 13.2 Å². The van der Waals surface area contributed by atoms with Gasteiger partial charge in [0.05, 0.1) is 54.9 Å². The molecule has 0 radical (unpaired) electrons. The molecule has 0 saturated heterocycles. The second-order valence-electron chi connectivity index (χ2n) is 13.1. The lowest BCUT2D eigenvalue weighted by Gasteiger charge is -2.40. The summed E-state index contributed by atoms with van der Waals surface area (Å²) in [6.45, 7) is 3.09. The highest BCUT2D eigenvalue weighted by Crippen LogP contribution is 2.61. The molecular weight excluding hydrogens is 656 g/mol. The zero-order valence-corrected chi connectivity index (χ0v) is 30.5. The van der Waals surface area contributed by atoms with E-state index < -0.39 is 11.2 Å². The predicted octanol–water partition coefficient (Wildman–Crippen LogP) is 8.66. The Kier molecular flexibility index (Phi) is 10.1. The van der Waals surface area contributed by atoms with Crippen molar-refractivity contribution in [2.45, 2.75) is 37.4 Å². The van der Waals surface area contributed by atoms with Gasteiger partial charge in [-0.15, -0.1) is 0 Å². The largest absolute Gasteiger partial charge is 0.497 e. The molecule has 5 aromatic rings. The quantitative estimate of drug-likeness (QED) is 0.109. The third kappa shape index (κ3) is 5.94. The molecule has 1 heterocycles. The van der Waals surface area contributed by atoms with Gasteiger partial charge in [-0.25, -0.2) is 0 Å². The van der Waals surface area contributed by atoms with Crippen LogP contribution in [0.25, 0.3) is 28.0 Å². The van der Waals surface area contributed by atoms with Gasteiger partial charge < -0.3 is 38.3 Å². The van der Waals surface area contributed by atoms with Crippen molar-refractivity contribution in [2.75, 3.05) is 54.9 Å². The Morgan fingerprint density at radius 3 is 1.90 bits per heavy atom. The number of fused-ring (bicyclic) bond motifs is 8. The van der Waals surface area contributed by atoms with E-state index in [2.05, 4.69) is 67.6 Å². The zero-order chi connectivity index (χ0) is 36.3. The fourth-order valence-corrected chi connectivity index (χ4v) is 7.79. The maximum absolute atomic E-state index is 9.37. The molecule has 8 nitrogen and oxygen atoms in total. The number of aliphatic hydroxyl groups excluding tert-OH is 1. The lowest BCUT2D eigenvalue weighted by Crippen LogP contribution is -2.36. The van der Waals surface area contributed by atoms with Gasteiger partial charge in [0, 0.05) is 27.6 Å². The summed E-state index contributed by atoms with van der Waals surface area (Å²) < 4.78 is 43.0. The minimum Gasteiger partial charge on any atom is -0.497 e. The van der Waals surface area contributed by atoms with Gasteiger partial charge in [0.25, 0.3) is 0 Å². The SMILES string of the molecule is CCCCC1(OCCOCCO)c2cc(OC)ccc2-c2c1c1c(c3cc(OC)ccc23)OC(c2ccc(OC)cc2)(c2ccc(OC)cc2)C=C1. The summed E-state index contributed by atoms with van der Waals surface area (Å²) in [5.74, 6) is 3.75. The molecule has 1 atom stereocenters. The highest BCUT2D eigenvalue weighted by molar-refractivity contribution is 6.09. The Bertz CT molecular complexity index is 2020. The van der Waals surface area contributed by atoms with Crippen LogP contribution < -0.4 is 23.7 Å². The van der Waals surface area contributed by atoms with E-state index in [0.717, 1.165) is 97.7 Å². The lowest BCUT2D eigenvalue weighted by atomic mass is 9.78. The van der Waals surface area contributed by atoms with Crippen LogP contribution in [0.1, 0.15) is 54.0 Å². The van der Waals surface area contributed by atoms with Crippen LogP contribution in [0.3, 0.4) is 0 Å². The van der Waals surface area contributed by atoms with E-state index in [-0.39, 0.29) is 13.2 Å². The van der Waals surface area contributed by atoms with E-state index in [1.165, 1.54) is 0 Å². The van der Waals surface area contributed by atoms with Gasteiger partial charge in [0.15, 0.2) is 5.60 Å². The van der Waals surface area contributed by atoms with E-state index in [9.17, 15) is 5.11 Å². The molecule has 0 bridgehead atoms. The van der Waals surface area contributed by atoms with Gasteiger partial charge in [-0.05, 0) is 89.2 Å². The number of methoxy groups -OCH3 is 4. The van der Waals surface area contributed by atoms with Crippen LogP contribution in [0.15, 0.2) is 91.0 Å². The van der Waals surface area contributed by atoms with Crippen LogP contribution in [0.4, 0.5) is 0 Å². The first-order chi connectivity index (χ1) is 25.5. The molecule has 0 amide bonds. The molecular formula is C44H46O8. The number of aliphatic hydroxyl groups is 1. The van der Waals surface area contributed by atoms with Crippen molar-refractivity contribution in [3.63, 3.8) is 0 Å². The number of rotatable bonds is 15. The highest BCUT2D eigenvalue weighted by Gasteiger charge is 2.49. The Hall–Kier alpha value is -5.02. The second-order valence-corrected chi connectivity index (χ2v) is 13.1. The van der Waals surface area contributed by atoms with Gasteiger partial charge in [-0.3, -0.25) is 0 Å². The van der Waals surface area contributed by atoms with Crippen LogP contribution in [0, 0.1) is 0 Å². The molecule has 0 spiro atoms. The minimum atomic E-state index is -0.991. The Morgan fingerprint density at radius 1 is 0.673 bits per heavy atom. The van der Waals surface area contributed by atoms with E-state index in [4.69, 9.17) is 33.2 Å². The summed E-state index contributed by atoms with van der Waals surface area (Å²) >= 11 is 0. The van der Waals surface area contributed by atoms with Crippen molar-refractivity contribution in [3.05, 3.63) is 119 Å². The zero-order valence-electron chi connectivity index (χ0n) is 30.5. The molecule has 52 heavy (non-hydrogen) atoms. The molecule has 8 heteroatoms. The van der Waals surface area contributed by atoms with Gasteiger partial charge in [0.2, 0.25) is 0 Å². The van der Waals surface area contributed by atoms with Crippen molar-refractivity contribution < 1.29 is 38.3 Å². The summed E-state index contributed by atoms with van der Waals surface area (Å²) in [6.07, 6.45) is 7.01. The third-order valence-corrected chi connectivity index (χ3v) is 10.3. The molecule has 5 aromatic carbocycles. The van der Waals surface area contributed by atoms with Crippen LogP contribution in [0.5, 0.6) is 28.7 Å². The lowest BCUT2D eigenvalue weighted by molar-refractivity contribution is -0.0534. The standard InChI is InChI=1S/C44H46O8/c1-6-7-21-44(51-26-25-50-24-23-45)39-28-34(49-5)17-19-36(39)40-35-18-16-33(48-4)27-38(35)42-37(41(40)44)20-22-43(52-42,29-8-12-31(46-2)13-9-29)30-10-14-32(47-3)15-11-30/h8-20,22,27-28,45H,6-7,21,23-26H2,1-5H3. The first-order valence-corrected chi connectivity index (χ1v) is 17.8. The molecule has 0 fully saturated rings. The number of unbranched alkanes of at least 4 members (excludes halogenated alkanes) is 1. The van der Waals surface area contributed by atoms with Crippen molar-refractivity contribution in [1.82, 2.24) is 0 Å². The molecule has 0 saturated carbocycles. The van der Waals surface area contributed by atoms with Crippen LogP contribution in [-0.4, -0.2) is 60.0 Å². The number of hydrogen-bond donors (Lipinski definition) is 1. The topological polar surface area (TPSA) is 84.8 Å². The normalized spacial score (nSPS) is 16.5. The smallest absolute Gasteiger partial charge is 0.178 e. The van der Waals surface area contributed by atoms with E-state index >= 15 is 0 Å². The van der Waals surface area contributed by atoms with Crippen molar-refractivity contribution in [2.24, 2.45) is 0 Å². The minimum absolute atomic E-state index is 0.0426. The van der Waals surface area contributed by atoms with Gasteiger partial charge in [-0.2, -0.15) is 0 Å². The molecule has 1 aliphatic heterocycles. The van der Waals surface area contributed by atoms with Crippen molar-refractivity contribution >= 4 is 16.8 Å². The molecule has 270 valence electrons. The number of ether oxygens (including phenoxy) is 7. The Morgan fingerprint density at radius 2 is 1.29 bits per heavy atom. The Balaban J connectivity index is 1.53. The molecule has 1 aliphatic carbocycles. The molecule has 1 unspecified atom stereocenters.